The number of nitrogens with zero attached hydrogens (tertiary/aromatic N) is 1. The summed E-state index contributed by atoms with van der Waals surface area (Å²) in [4.78, 5) is 37.1. The predicted molar refractivity (Wildman–Crippen MR) is 75.7 cm³/mol. The van der Waals surface area contributed by atoms with Gasteiger partial charge in [0.2, 0.25) is 5.91 Å². The Kier molecular flexibility index (Phi) is 3.37. The third-order valence-electron chi connectivity index (χ3n) is 3.59. The van der Waals surface area contributed by atoms with E-state index < -0.39 is 6.10 Å². The van der Waals surface area contributed by atoms with Gasteiger partial charge in [-0.05, 0) is 31.9 Å². The second-order valence-corrected chi connectivity index (χ2v) is 5.34. The largest absolute Gasteiger partial charge is 0.452 e. The van der Waals surface area contributed by atoms with E-state index in [1.807, 2.05) is 0 Å². The minimum Gasteiger partial charge on any atom is -0.452 e. The molecule has 110 valence electrons. The highest BCUT2D eigenvalue weighted by molar-refractivity contribution is 6.11. The van der Waals surface area contributed by atoms with Crippen LogP contribution in [-0.2, 0) is 19.1 Å². The van der Waals surface area contributed by atoms with E-state index in [2.05, 4.69) is 5.32 Å². The van der Waals surface area contributed by atoms with Crippen molar-refractivity contribution in [3.05, 3.63) is 24.3 Å². The maximum atomic E-state index is 12.5. The fraction of sp³-hybridized carbons (Fsp3) is 0.400. The zero-order valence-electron chi connectivity index (χ0n) is 11.7. The van der Waals surface area contributed by atoms with Crippen molar-refractivity contribution >= 4 is 29.2 Å². The molecule has 2 amide bonds. The number of rotatable bonds is 3. The summed E-state index contributed by atoms with van der Waals surface area (Å²) in [5.74, 6) is -1.03. The quantitative estimate of drug-likeness (QED) is 0.851. The lowest BCUT2D eigenvalue weighted by Gasteiger charge is -2.30. The van der Waals surface area contributed by atoms with Crippen LogP contribution in [0.4, 0.5) is 11.4 Å². The van der Waals surface area contributed by atoms with Gasteiger partial charge in [0.15, 0.2) is 6.10 Å². The molecule has 2 aliphatic rings. The van der Waals surface area contributed by atoms with Crippen LogP contribution < -0.4 is 10.2 Å². The second kappa shape index (κ2) is 5.20. The van der Waals surface area contributed by atoms with Crippen LogP contribution in [0, 0.1) is 5.92 Å². The Morgan fingerprint density at radius 3 is 2.76 bits per heavy atom. The van der Waals surface area contributed by atoms with Crippen molar-refractivity contribution in [3.63, 3.8) is 0 Å². The Morgan fingerprint density at radius 1 is 1.33 bits per heavy atom. The molecule has 1 aliphatic carbocycles. The summed E-state index contributed by atoms with van der Waals surface area (Å²) < 4.78 is 5.18. The SMILES string of the molecule is C[C@@H](OC(=O)C1CC1)C(=O)N1CC(=O)Nc2ccccc21. The molecule has 1 heterocycles. The highest BCUT2D eigenvalue weighted by Gasteiger charge is 2.36. The molecular weight excluding hydrogens is 272 g/mol. The Hall–Kier alpha value is -2.37. The Bertz CT molecular complexity index is 609. The van der Waals surface area contributed by atoms with E-state index in [0.29, 0.717) is 11.4 Å². The number of esters is 1. The standard InChI is InChI=1S/C15H16N2O4/c1-9(21-15(20)10-6-7-10)14(19)17-8-13(18)16-11-4-2-3-5-12(11)17/h2-5,9-10H,6-8H2,1H3,(H,16,18)/t9-/m1/s1. The molecule has 21 heavy (non-hydrogen) atoms. The monoisotopic (exact) mass is 288 g/mol. The van der Waals surface area contributed by atoms with Crippen molar-refractivity contribution in [3.8, 4) is 0 Å². The zero-order chi connectivity index (χ0) is 15.0. The van der Waals surface area contributed by atoms with Gasteiger partial charge in [0, 0.05) is 0 Å². The van der Waals surface area contributed by atoms with Crippen LogP contribution in [0.2, 0.25) is 0 Å². The number of amides is 2. The molecule has 3 rings (SSSR count). The molecular formula is C15H16N2O4. The summed E-state index contributed by atoms with van der Waals surface area (Å²) in [6.07, 6.45) is 0.765. The summed E-state index contributed by atoms with van der Waals surface area (Å²) >= 11 is 0. The number of carbonyl (C=O) groups is 3. The van der Waals surface area contributed by atoms with Crippen LogP contribution in [0.15, 0.2) is 24.3 Å². The average Bonchev–Trinajstić information content (AvgIpc) is 3.30. The molecule has 1 aromatic carbocycles. The lowest BCUT2D eigenvalue weighted by Crippen LogP contribution is -2.47. The van der Waals surface area contributed by atoms with E-state index in [-0.39, 0.29) is 30.2 Å². The summed E-state index contributed by atoms with van der Waals surface area (Å²) in [7, 11) is 0. The molecule has 1 saturated carbocycles. The predicted octanol–water partition coefficient (Wildman–Crippen LogP) is 1.31. The number of ether oxygens (including phenoxy) is 1. The number of carbonyl (C=O) groups excluding carboxylic acids is 3. The van der Waals surface area contributed by atoms with Crippen molar-refractivity contribution in [1.29, 1.82) is 0 Å². The van der Waals surface area contributed by atoms with E-state index in [1.54, 1.807) is 24.3 Å². The van der Waals surface area contributed by atoms with Crippen LogP contribution in [-0.4, -0.2) is 30.4 Å². The molecule has 1 aliphatic heterocycles. The van der Waals surface area contributed by atoms with Crippen LogP contribution >= 0.6 is 0 Å². The molecule has 0 aromatic heterocycles. The third-order valence-corrected chi connectivity index (χ3v) is 3.59. The highest BCUT2D eigenvalue weighted by atomic mass is 16.5. The molecule has 0 radical (unpaired) electrons. The molecule has 6 heteroatoms. The van der Waals surface area contributed by atoms with E-state index in [9.17, 15) is 14.4 Å². The van der Waals surface area contributed by atoms with Gasteiger partial charge in [-0.1, -0.05) is 12.1 Å². The van der Waals surface area contributed by atoms with E-state index in [1.165, 1.54) is 11.8 Å². The van der Waals surface area contributed by atoms with Gasteiger partial charge in [-0.25, -0.2) is 0 Å². The normalized spacial score (nSPS) is 18.5. The van der Waals surface area contributed by atoms with Gasteiger partial charge >= 0.3 is 5.97 Å². The van der Waals surface area contributed by atoms with Crippen LogP contribution in [0.25, 0.3) is 0 Å². The van der Waals surface area contributed by atoms with E-state index in [4.69, 9.17) is 4.74 Å². The number of fused-ring (bicyclic) bond motifs is 1. The molecule has 1 N–H and O–H groups in total. The molecule has 6 nitrogen and oxygen atoms in total. The first kappa shape index (κ1) is 13.6. The molecule has 0 unspecified atom stereocenters. The van der Waals surface area contributed by atoms with Crippen molar-refractivity contribution < 1.29 is 19.1 Å². The van der Waals surface area contributed by atoms with Crippen LogP contribution in [0.5, 0.6) is 0 Å². The number of hydrogen-bond acceptors (Lipinski definition) is 4. The highest BCUT2D eigenvalue weighted by Crippen LogP contribution is 2.32. The van der Waals surface area contributed by atoms with Gasteiger partial charge in [-0.15, -0.1) is 0 Å². The van der Waals surface area contributed by atoms with Gasteiger partial charge in [-0.2, -0.15) is 0 Å². The summed E-state index contributed by atoms with van der Waals surface area (Å²) in [6, 6.07) is 7.05. The molecule has 0 spiro atoms. The molecule has 0 bridgehead atoms. The summed E-state index contributed by atoms with van der Waals surface area (Å²) in [6.45, 7) is 1.47. The lowest BCUT2D eigenvalue weighted by molar-refractivity contribution is -0.155. The van der Waals surface area contributed by atoms with Crippen molar-refractivity contribution in [2.75, 3.05) is 16.8 Å². The Balaban J connectivity index is 1.77. The number of para-hydroxylation sites is 2. The second-order valence-electron chi connectivity index (χ2n) is 5.34. The van der Waals surface area contributed by atoms with E-state index in [0.717, 1.165) is 12.8 Å². The minimum absolute atomic E-state index is 0.0582. The molecule has 0 saturated heterocycles. The lowest BCUT2D eigenvalue weighted by atomic mass is 10.1. The number of hydrogen-bond donors (Lipinski definition) is 1. The topological polar surface area (TPSA) is 75.7 Å². The number of nitrogens with one attached hydrogen (secondary N) is 1. The summed E-state index contributed by atoms with van der Waals surface area (Å²) in [5, 5.41) is 2.71. The first-order valence-electron chi connectivity index (χ1n) is 6.97. The fourth-order valence-corrected chi connectivity index (χ4v) is 2.29. The van der Waals surface area contributed by atoms with Crippen molar-refractivity contribution in [2.45, 2.75) is 25.9 Å². The maximum Gasteiger partial charge on any atom is 0.309 e. The van der Waals surface area contributed by atoms with Gasteiger partial charge in [0.1, 0.15) is 6.54 Å². The third kappa shape index (κ3) is 2.74. The molecule has 1 fully saturated rings. The van der Waals surface area contributed by atoms with E-state index >= 15 is 0 Å². The average molecular weight is 288 g/mol. The van der Waals surface area contributed by atoms with Crippen LogP contribution in [0.1, 0.15) is 19.8 Å². The van der Waals surface area contributed by atoms with Crippen LogP contribution in [0.3, 0.4) is 0 Å². The maximum absolute atomic E-state index is 12.5. The zero-order valence-corrected chi connectivity index (χ0v) is 11.7. The summed E-state index contributed by atoms with van der Waals surface area (Å²) in [5.41, 5.74) is 1.21. The Morgan fingerprint density at radius 2 is 2.05 bits per heavy atom. The molecule has 1 aromatic rings. The number of benzene rings is 1. The van der Waals surface area contributed by atoms with Gasteiger partial charge in [0.25, 0.3) is 5.91 Å². The molecule has 1 atom stereocenters. The first-order valence-corrected chi connectivity index (χ1v) is 6.97. The smallest absolute Gasteiger partial charge is 0.309 e. The fourth-order valence-electron chi connectivity index (χ4n) is 2.29. The van der Waals surface area contributed by atoms with Crippen molar-refractivity contribution in [2.24, 2.45) is 5.92 Å². The number of anilines is 2. The van der Waals surface area contributed by atoms with Crippen molar-refractivity contribution in [1.82, 2.24) is 0 Å². The van der Waals surface area contributed by atoms with Gasteiger partial charge in [-0.3, -0.25) is 19.3 Å². The van der Waals surface area contributed by atoms with Gasteiger partial charge in [0.05, 0.1) is 17.3 Å². The Labute approximate surface area is 122 Å². The minimum atomic E-state index is -0.892. The first-order chi connectivity index (χ1) is 10.1. The van der Waals surface area contributed by atoms with Gasteiger partial charge < -0.3 is 10.1 Å².